The summed E-state index contributed by atoms with van der Waals surface area (Å²) in [5.41, 5.74) is -0.538. The van der Waals surface area contributed by atoms with Crippen molar-refractivity contribution in [2.24, 2.45) is 0 Å². The van der Waals surface area contributed by atoms with Gasteiger partial charge in [0.25, 0.3) is 0 Å². The summed E-state index contributed by atoms with van der Waals surface area (Å²) in [5.74, 6) is 0.895. The van der Waals surface area contributed by atoms with Gasteiger partial charge in [0.2, 0.25) is 0 Å². The predicted octanol–water partition coefficient (Wildman–Crippen LogP) is 3.09. The first-order valence-electron chi connectivity index (χ1n) is 7.67. The van der Waals surface area contributed by atoms with E-state index in [9.17, 15) is 9.36 Å². The minimum atomic E-state index is -3.76. The van der Waals surface area contributed by atoms with E-state index in [2.05, 4.69) is 0 Å². The first-order chi connectivity index (χ1) is 11.5. The van der Waals surface area contributed by atoms with Crippen LogP contribution in [0, 0.1) is 0 Å². The monoisotopic (exact) mass is 356 g/mol. The lowest BCUT2D eigenvalue weighted by Crippen LogP contribution is -2.26. The van der Waals surface area contributed by atoms with Crippen LogP contribution >= 0.6 is 7.60 Å². The van der Waals surface area contributed by atoms with Crippen LogP contribution in [0.3, 0.4) is 0 Å². The fraction of sp³-hybridized carbons (Fsp3) is 0.438. The third-order valence-corrected chi connectivity index (χ3v) is 5.28. The highest BCUT2D eigenvalue weighted by molar-refractivity contribution is 7.62. The molecule has 0 aliphatic rings. The van der Waals surface area contributed by atoms with E-state index in [0.29, 0.717) is 23.5 Å². The predicted molar refractivity (Wildman–Crippen MR) is 90.7 cm³/mol. The van der Waals surface area contributed by atoms with Crippen molar-refractivity contribution in [1.82, 2.24) is 0 Å². The molecule has 24 heavy (non-hydrogen) atoms. The van der Waals surface area contributed by atoms with Crippen molar-refractivity contribution >= 4 is 23.9 Å². The number of benzene rings is 1. The van der Waals surface area contributed by atoms with E-state index in [4.69, 9.17) is 22.9 Å². The van der Waals surface area contributed by atoms with Crippen LogP contribution < -0.4 is 20.4 Å². The Morgan fingerprint density at radius 3 is 2.25 bits per heavy atom. The van der Waals surface area contributed by atoms with E-state index >= 15 is 0 Å². The number of rotatable bonds is 8. The van der Waals surface area contributed by atoms with Crippen molar-refractivity contribution in [1.29, 1.82) is 0 Å². The molecule has 0 saturated carbocycles. The molecule has 0 spiro atoms. The Bertz CT molecular complexity index is 802. The molecule has 0 atom stereocenters. The molecule has 2 aromatic rings. The third kappa shape index (κ3) is 3.64. The zero-order chi connectivity index (χ0) is 17.7. The molecule has 2 rings (SSSR count). The molecule has 0 aliphatic heterocycles. The molecule has 1 aromatic heterocycles. The van der Waals surface area contributed by atoms with Gasteiger partial charge in [0.15, 0.2) is 16.6 Å². The van der Waals surface area contributed by atoms with Crippen LogP contribution in [0.2, 0.25) is 0 Å². The van der Waals surface area contributed by atoms with Gasteiger partial charge < -0.3 is 22.9 Å². The van der Waals surface area contributed by atoms with Gasteiger partial charge in [0, 0.05) is 11.5 Å². The van der Waals surface area contributed by atoms with Crippen LogP contribution in [0.15, 0.2) is 27.4 Å². The number of methoxy groups -OCH3 is 1. The van der Waals surface area contributed by atoms with E-state index < -0.39 is 13.2 Å². The second kappa shape index (κ2) is 7.83. The second-order valence-electron chi connectivity index (χ2n) is 4.73. The zero-order valence-electron chi connectivity index (χ0n) is 14.2. The minimum absolute atomic E-state index is 0.136. The highest BCUT2D eigenvalue weighted by atomic mass is 31.2. The summed E-state index contributed by atoms with van der Waals surface area (Å²) in [4.78, 5) is 12.3. The van der Waals surface area contributed by atoms with E-state index in [0.717, 1.165) is 0 Å². The minimum Gasteiger partial charge on any atom is -0.494 e. The van der Waals surface area contributed by atoms with Crippen LogP contribution in [0.4, 0.5) is 0 Å². The van der Waals surface area contributed by atoms with E-state index in [-0.39, 0.29) is 24.1 Å². The van der Waals surface area contributed by atoms with Crippen molar-refractivity contribution in [3.63, 3.8) is 0 Å². The number of ether oxygens (including phenoxy) is 2. The maximum absolute atomic E-state index is 12.9. The summed E-state index contributed by atoms with van der Waals surface area (Å²) in [6, 6.07) is 4.74. The maximum atomic E-state index is 12.9. The lowest BCUT2D eigenvalue weighted by atomic mass is 10.2. The summed E-state index contributed by atoms with van der Waals surface area (Å²) in [5, 5.41) is 0.362. The summed E-state index contributed by atoms with van der Waals surface area (Å²) in [6.07, 6.45) is 0. The highest BCUT2D eigenvalue weighted by Gasteiger charge is 2.32. The number of hydrogen-bond donors (Lipinski definition) is 0. The Balaban J connectivity index is 2.70. The molecule has 0 unspecified atom stereocenters. The highest BCUT2D eigenvalue weighted by Crippen LogP contribution is 2.46. The summed E-state index contributed by atoms with van der Waals surface area (Å²) < 4.78 is 39.4. The standard InChI is InChI=1S/C16H21O7P/c1-5-20-12-8-11-9-14(24(18,21-6-2)22-7-3)16(17)23-15(11)13(10-12)19-4/h8-10H,5-7H2,1-4H3. The molecule has 132 valence electrons. The van der Waals surface area contributed by atoms with Crippen molar-refractivity contribution in [2.45, 2.75) is 20.8 Å². The molecule has 0 amide bonds. The fourth-order valence-corrected chi connectivity index (χ4v) is 3.87. The molecule has 0 radical (unpaired) electrons. The van der Waals surface area contributed by atoms with Crippen LogP contribution in [-0.4, -0.2) is 26.9 Å². The average molecular weight is 356 g/mol. The first kappa shape index (κ1) is 18.5. The molecule has 7 nitrogen and oxygen atoms in total. The van der Waals surface area contributed by atoms with Gasteiger partial charge in [0.05, 0.1) is 26.9 Å². The smallest absolute Gasteiger partial charge is 0.368 e. The molecule has 1 heterocycles. The van der Waals surface area contributed by atoms with Crippen molar-refractivity contribution in [3.8, 4) is 11.5 Å². The van der Waals surface area contributed by atoms with E-state index in [1.165, 1.54) is 13.2 Å². The van der Waals surface area contributed by atoms with Gasteiger partial charge in [0.1, 0.15) is 5.75 Å². The molecular weight excluding hydrogens is 335 g/mol. The zero-order valence-corrected chi connectivity index (χ0v) is 15.1. The number of hydrogen-bond acceptors (Lipinski definition) is 7. The van der Waals surface area contributed by atoms with Crippen LogP contribution in [0.1, 0.15) is 20.8 Å². The Labute approximate surface area is 140 Å². The summed E-state index contributed by atoms with van der Waals surface area (Å²) in [6.45, 7) is 5.93. The van der Waals surface area contributed by atoms with Gasteiger partial charge in [-0.1, -0.05) is 0 Å². The van der Waals surface area contributed by atoms with Crippen LogP contribution in [-0.2, 0) is 13.6 Å². The van der Waals surface area contributed by atoms with Crippen molar-refractivity contribution < 1.29 is 27.5 Å². The topological polar surface area (TPSA) is 84.2 Å². The van der Waals surface area contributed by atoms with Crippen molar-refractivity contribution in [3.05, 3.63) is 28.6 Å². The molecule has 0 N–H and O–H groups in total. The Morgan fingerprint density at radius 2 is 1.71 bits per heavy atom. The van der Waals surface area contributed by atoms with E-state index in [1.807, 2.05) is 6.92 Å². The molecule has 0 bridgehead atoms. The van der Waals surface area contributed by atoms with Gasteiger partial charge in [-0.15, -0.1) is 0 Å². The Morgan fingerprint density at radius 1 is 1.04 bits per heavy atom. The van der Waals surface area contributed by atoms with E-state index in [1.54, 1.807) is 26.0 Å². The quantitative estimate of drug-likeness (QED) is 0.531. The second-order valence-corrected chi connectivity index (χ2v) is 6.72. The molecule has 8 heteroatoms. The largest absolute Gasteiger partial charge is 0.494 e. The summed E-state index contributed by atoms with van der Waals surface area (Å²) in [7, 11) is -2.29. The first-order valence-corrected chi connectivity index (χ1v) is 9.21. The fourth-order valence-electron chi connectivity index (χ4n) is 2.27. The molecule has 0 aliphatic carbocycles. The summed E-state index contributed by atoms with van der Waals surface area (Å²) >= 11 is 0. The van der Waals surface area contributed by atoms with Gasteiger partial charge >= 0.3 is 13.2 Å². The lowest BCUT2D eigenvalue weighted by molar-refractivity contribution is 0.229. The van der Waals surface area contributed by atoms with Gasteiger partial charge in [-0.3, -0.25) is 4.57 Å². The average Bonchev–Trinajstić information content (AvgIpc) is 2.54. The SMILES string of the molecule is CCOc1cc(OC)c2oc(=O)c(P(=O)(OCC)OCC)cc2c1. The maximum Gasteiger partial charge on any atom is 0.368 e. The van der Waals surface area contributed by atoms with Crippen LogP contribution in [0.25, 0.3) is 11.0 Å². The molecular formula is C16H21O7P. The van der Waals surface area contributed by atoms with Gasteiger partial charge in [-0.25, -0.2) is 4.79 Å². The van der Waals surface area contributed by atoms with Crippen molar-refractivity contribution in [2.75, 3.05) is 26.9 Å². The number of fused-ring (bicyclic) bond motifs is 1. The van der Waals surface area contributed by atoms with Gasteiger partial charge in [-0.05, 0) is 32.9 Å². The Hall–Kier alpha value is -1.82. The van der Waals surface area contributed by atoms with Crippen LogP contribution in [0.5, 0.6) is 11.5 Å². The lowest BCUT2D eigenvalue weighted by Gasteiger charge is -2.16. The van der Waals surface area contributed by atoms with Gasteiger partial charge in [-0.2, -0.15) is 0 Å². The normalized spacial score (nSPS) is 11.7. The third-order valence-electron chi connectivity index (χ3n) is 3.18. The Kier molecular flexibility index (Phi) is 6.04. The molecule has 0 saturated heterocycles. The molecule has 1 aromatic carbocycles. The molecule has 0 fully saturated rings.